The van der Waals surface area contributed by atoms with Crippen LogP contribution >= 0.6 is 11.3 Å². The van der Waals surface area contributed by atoms with Crippen LogP contribution in [0, 0.1) is 0 Å². The fourth-order valence-electron chi connectivity index (χ4n) is 3.65. The van der Waals surface area contributed by atoms with Gasteiger partial charge >= 0.3 is 0 Å². The first-order chi connectivity index (χ1) is 12.3. The van der Waals surface area contributed by atoms with Crippen molar-refractivity contribution in [1.29, 1.82) is 0 Å². The smallest absolute Gasteiger partial charge is 0.123 e. The normalized spacial score (nSPS) is 16.4. The average molecular weight is 353 g/mol. The third-order valence-electron chi connectivity index (χ3n) is 5.08. The Bertz CT molecular complexity index is 800. The second-order valence-corrected chi connectivity index (χ2v) is 7.83. The van der Waals surface area contributed by atoms with Gasteiger partial charge in [0.15, 0.2) is 0 Å². The highest BCUT2D eigenvalue weighted by Crippen LogP contribution is 2.31. The van der Waals surface area contributed by atoms with Crippen molar-refractivity contribution in [1.82, 2.24) is 20.1 Å². The predicted octanol–water partition coefficient (Wildman–Crippen LogP) is 4.48. The van der Waals surface area contributed by atoms with Crippen molar-refractivity contribution in [3.05, 3.63) is 58.9 Å². The molecule has 1 aliphatic heterocycles. The van der Waals surface area contributed by atoms with Crippen molar-refractivity contribution in [2.45, 2.75) is 38.6 Å². The van der Waals surface area contributed by atoms with Crippen molar-refractivity contribution >= 4 is 11.3 Å². The van der Waals surface area contributed by atoms with Crippen LogP contribution in [0.4, 0.5) is 0 Å². The van der Waals surface area contributed by atoms with Crippen LogP contribution in [0.25, 0.3) is 10.6 Å². The zero-order valence-electron chi connectivity index (χ0n) is 14.6. The lowest BCUT2D eigenvalue weighted by atomic mass is 9.91. The van der Waals surface area contributed by atoms with Gasteiger partial charge in [0.1, 0.15) is 5.01 Å². The highest BCUT2D eigenvalue weighted by atomic mass is 32.1. The minimum atomic E-state index is 0.634. The number of thiazole rings is 1. The fourth-order valence-corrected chi connectivity index (χ4v) is 4.61. The number of likely N-dealkylation sites (tertiary alicyclic amines) is 1. The highest BCUT2D eigenvalue weighted by molar-refractivity contribution is 7.15. The van der Waals surface area contributed by atoms with Crippen LogP contribution in [0.1, 0.15) is 41.8 Å². The van der Waals surface area contributed by atoms with E-state index in [4.69, 9.17) is 0 Å². The molecule has 0 aliphatic carbocycles. The Balaban J connectivity index is 1.35. The number of nitrogens with one attached hydrogen (secondary N) is 1. The number of aromatic amines is 1. The molecule has 2 aromatic heterocycles. The molecule has 25 heavy (non-hydrogen) atoms. The Hall–Kier alpha value is -1.98. The van der Waals surface area contributed by atoms with Crippen LogP contribution in [0.2, 0.25) is 0 Å². The molecule has 0 unspecified atom stereocenters. The number of benzene rings is 1. The maximum Gasteiger partial charge on any atom is 0.123 e. The van der Waals surface area contributed by atoms with Crippen molar-refractivity contribution in [2.75, 3.05) is 13.1 Å². The van der Waals surface area contributed by atoms with Gasteiger partial charge in [-0.3, -0.25) is 10.00 Å². The maximum absolute atomic E-state index is 4.61. The maximum atomic E-state index is 4.61. The van der Waals surface area contributed by atoms with Gasteiger partial charge in [0, 0.05) is 34.8 Å². The number of H-pyrrole nitrogens is 1. The van der Waals surface area contributed by atoms with Crippen LogP contribution in [0.3, 0.4) is 0 Å². The number of piperidine rings is 1. The molecule has 0 saturated carbocycles. The van der Waals surface area contributed by atoms with Crippen molar-refractivity contribution < 1.29 is 0 Å². The minimum Gasteiger partial charge on any atom is -0.298 e. The highest BCUT2D eigenvalue weighted by Gasteiger charge is 2.23. The monoisotopic (exact) mass is 352 g/mol. The number of hydrogen-bond donors (Lipinski definition) is 1. The third kappa shape index (κ3) is 3.67. The molecule has 0 atom stereocenters. The Morgan fingerprint density at radius 2 is 1.96 bits per heavy atom. The summed E-state index contributed by atoms with van der Waals surface area (Å²) in [6.45, 7) is 5.51. The van der Waals surface area contributed by atoms with Gasteiger partial charge in [-0.15, -0.1) is 11.3 Å². The summed E-state index contributed by atoms with van der Waals surface area (Å²) in [6.07, 6.45) is 7.52. The molecule has 3 heterocycles. The van der Waals surface area contributed by atoms with Crippen LogP contribution < -0.4 is 0 Å². The van der Waals surface area contributed by atoms with E-state index in [-0.39, 0.29) is 0 Å². The molecule has 0 amide bonds. The molecule has 5 heteroatoms. The van der Waals surface area contributed by atoms with Crippen molar-refractivity contribution in [2.24, 2.45) is 0 Å². The van der Waals surface area contributed by atoms with Gasteiger partial charge in [-0.25, -0.2) is 4.98 Å². The summed E-state index contributed by atoms with van der Waals surface area (Å²) in [5.41, 5.74) is 3.96. The molecule has 4 rings (SSSR count). The zero-order chi connectivity index (χ0) is 17.1. The molecule has 1 N–H and O–H groups in total. The van der Waals surface area contributed by atoms with Crippen LogP contribution in [-0.2, 0) is 13.0 Å². The van der Waals surface area contributed by atoms with E-state index in [9.17, 15) is 0 Å². The molecule has 0 radical (unpaired) electrons. The summed E-state index contributed by atoms with van der Waals surface area (Å²) >= 11 is 1.82. The molecule has 1 aliphatic rings. The van der Waals surface area contributed by atoms with Gasteiger partial charge in [-0.2, -0.15) is 5.10 Å². The van der Waals surface area contributed by atoms with Gasteiger partial charge < -0.3 is 0 Å². The lowest BCUT2D eigenvalue weighted by molar-refractivity contribution is 0.204. The topological polar surface area (TPSA) is 44.8 Å². The summed E-state index contributed by atoms with van der Waals surface area (Å²) in [5, 5.41) is 8.60. The molecule has 4 nitrogen and oxygen atoms in total. The number of nitrogens with zero attached hydrogens (tertiary/aromatic N) is 3. The van der Waals surface area contributed by atoms with Gasteiger partial charge in [-0.1, -0.05) is 37.3 Å². The van der Waals surface area contributed by atoms with Gasteiger partial charge in [0.25, 0.3) is 0 Å². The zero-order valence-corrected chi connectivity index (χ0v) is 15.4. The molecule has 1 saturated heterocycles. The summed E-state index contributed by atoms with van der Waals surface area (Å²) in [6, 6.07) is 10.4. The second kappa shape index (κ2) is 7.50. The molecule has 130 valence electrons. The second-order valence-electron chi connectivity index (χ2n) is 6.71. The average Bonchev–Trinajstić information content (AvgIpc) is 3.32. The Kier molecular flexibility index (Phi) is 4.95. The number of aryl methyl sites for hydroxylation is 1. The SMILES string of the molecule is CCc1cn[nH]c1C1CCN(Cc2cnc(-c3ccccc3)s2)CC1. The van der Waals surface area contributed by atoms with Crippen molar-refractivity contribution in [3.63, 3.8) is 0 Å². The minimum absolute atomic E-state index is 0.634. The fraction of sp³-hybridized carbons (Fsp3) is 0.400. The standard InChI is InChI=1S/C20H24N4S/c1-2-15-12-22-23-19(15)16-8-10-24(11-9-16)14-18-13-21-20(25-18)17-6-4-3-5-7-17/h3-7,12-13,16H,2,8-11,14H2,1H3,(H,22,23). The van der Waals surface area contributed by atoms with E-state index in [2.05, 4.69) is 51.3 Å². The predicted molar refractivity (Wildman–Crippen MR) is 103 cm³/mol. The molecular weight excluding hydrogens is 328 g/mol. The molecule has 1 aromatic carbocycles. The van der Waals surface area contributed by atoms with Crippen LogP contribution in [0.15, 0.2) is 42.7 Å². The molecule has 1 fully saturated rings. The summed E-state index contributed by atoms with van der Waals surface area (Å²) in [7, 11) is 0. The van der Waals surface area contributed by atoms with E-state index in [1.807, 2.05) is 29.8 Å². The van der Waals surface area contributed by atoms with Crippen molar-refractivity contribution in [3.8, 4) is 10.6 Å². The first-order valence-electron chi connectivity index (χ1n) is 9.08. The van der Waals surface area contributed by atoms with E-state index in [0.717, 1.165) is 31.1 Å². The van der Waals surface area contributed by atoms with Gasteiger partial charge in [0.05, 0.1) is 6.20 Å². The largest absolute Gasteiger partial charge is 0.298 e. The van der Waals surface area contributed by atoms with E-state index in [1.54, 1.807) is 0 Å². The Labute approximate surface area is 152 Å². The number of rotatable bonds is 5. The molecule has 0 spiro atoms. The van der Waals surface area contributed by atoms with E-state index in [1.165, 1.54) is 34.5 Å². The van der Waals surface area contributed by atoms with Crippen LogP contribution in [-0.4, -0.2) is 33.2 Å². The molecule has 0 bridgehead atoms. The van der Waals surface area contributed by atoms with E-state index < -0.39 is 0 Å². The number of aromatic nitrogens is 3. The van der Waals surface area contributed by atoms with E-state index in [0.29, 0.717) is 5.92 Å². The van der Waals surface area contributed by atoms with Crippen LogP contribution in [0.5, 0.6) is 0 Å². The lowest BCUT2D eigenvalue weighted by Crippen LogP contribution is -2.32. The Morgan fingerprint density at radius 3 is 2.72 bits per heavy atom. The Morgan fingerprint density at radius 1 is 1.16 bits per heavy atom. The third-order valence-corrected chi connectivity index (χ3v) is 6.11. The quantitative estimate of drug-likeness (QED) is 0.736. The van der Waals surface area contributed by atoms with Gasteiger partial charge in [-0.05, 0) is 37.9 Å². The summed E-state index contributed by atoms with van der Waals surface area (Å²) in [4.78, 5) is 8.52. The van der Waals surface area contributed by atoms with Gasteiger partial charge in [0.2, 0.25) is 0 Å². The summed E-state index contributed by atoms with van der Waals surface area (Å²) in [5.74, 6) is 0.634. The lowest BCUT2D eigenvalue weighted by Gasteiger charge is -2.31. The summed E-state index contributed by atoms with van der Waals surface area (Å²) < 4.78 is 0. The van der Waals surface area contributed by atoms with E-state index >= 15 is 0 Å². The first-order valence-corrected chi connectivity index (χ1v) is 9.89. The molecule has 3 aromatic rings. The number of hydrogen-bond acceptors (Lipinski definition) is 4. The molecular formula is C20H24N4S. The first kappa shape index (κ1) is 16.5.